The van der Waals surface area contributed by atoms with Crippen LogP contribution in [0.5, 0.6) is 0 Å². The summed E-state index contributed by atoms with van der Waals surface area (Å²) in [6.07, 6.45) is 7.41. The highest BCUT2D eigenvalue weighted by Gasteiger charge is 2.33. The zero-order chi connectivity index (χ0) is 21.8. The van der Waals surface area contributed by atoms with Crippen LogP contribution in [-0.4, -0.2) is 69.8 Å². The lowest BCUT2D eigenvalue weighted by atomic mass is 9.93. The second kappa shape index (κ2) is 9.42. The molecule has 0 amide bonds. The smallest absolute Gasteiger partial charge is 0.317 e. The summed E-state index contributed by atoms with van der Waals surface area (Å²) in [4.78, 5) is 20.3. The maximum atomic E-state index is 9.51. The molecule has 1 aliphatic heterocycles. The Morgan fingerprint density at radius 1 is 1.27 bits per heavy atom. The molecule has 2 aliphatic rings. The average molecular weight is 438 g/mol. The van der Waals surface area contributed by atoms with Gasteiger partial charge in [-0.05, 0) is 50.9 Å². The third-order valence-electron chi connectivity index (χ3n) is 5.82. The SMILES string of the molecule is NC1(CN2CCC(c3nc4ccccc4[nH]3)CC2)CCCC1.O=C(O)CS(=O)(=O)[O-]. The molecule has 1 saturated carbocycles. The molecule has 4 N–H and O–H groups in total. The van der Waals surface area contributed by atoms with Crippen molar-refractivity contribution in [3.63, 3.8) is 0 Å². The minimum absolute atomic E-state index is 0.0895. The highest BCUT2D eigenvalue weighted by Crippen LogP contribution is 2.31. The van der Waals surface area contributed by atoms with E-state index in [4.69, 9.17) is 15.8 Å². The van der Waals surface area contributed by atoms with E-state index >= 15 is 0 Å². The number of aromatic amines is 1. The first-order valence-corrected chi connectivity index (χ1v) is 11.8. The van der Waals surface area contributed by atoms with Gasteiger partial charge in [-0.3, -0.25) is 4.79 Å². The molecule has 9 nitrogen and oxygen atoms in total. The Balaban J connectivity index is 0.000000275. The number of aliphatic carboxylic acids is 1. The molecule has 1 aromatic heterocycles. The molecule has 0 radical (unpaired) electrons. The fourth-order valence-electron chi connectivity index (χ4n) is 4.36. The molecule has 0 atom stereocenters. The first kappa shape index (κ1) is 22.7. The molecule has 0 spiro atoms. The van der Waals surface area contributed by atoms with Gasteiger partial charge >= 0.3 is 5.97 Å². The van der Waals surface area contributed by atoms with E-state index in [1.54, 1.807) is 0 Å². The standard InChI is InChI=1S/C18H26N4.C2H4O5S/c19-18(9-3-4-10-18)13-22-11-7-14(8-12-22)17-20-15-5-1-2-6-16(15)21-17;3-2(4)1-8(5,6)7/h1-2,5-6,14H,3-4,7-13,19H2,(H,20,21);1H2,(H,3,4)(H,5,6,7)/p-1. The van der Waals surface area contributed by atoms with Gasteiger partial charge in [0.2, 0.25) is 0 Å². The van der Waals surface area contributed by atoms with E-state index in [-0.39, 0.29) is 5.54 Å². The summed E-state index contributed by atoms with van der Waals surface area (Å²) < 4.78 is 28.5. The summed E-state index contributed by atoms with van der Waals surface area (Å²) in [5, 5.41) is 7.67. The quantitative estimate of drug-likeness (QED) is 0.597. The highest BCUT2D eigenvalue weighted by atomic mass is 32.2. The minimum Gasteiger partial charge on any atom is -0.748 e. The third-order valence-corrected chi connectivity index (χ3v) is 6.42. The van der Waals surface area contributed by atoms with Gasteiger partial charge in [0.25, 0.3) is 0 Å². The summed E-state index contributed by atoms with van der Waals surface area (Å²) in [6, 6.07) is 8.31. The molecule has 0 bridgehead atoms. The second-order valence-electron chi connectivity index (χ2n) is 8.35. The Hall–Kier alpha value is -2.01. The van der Waals surface area contributed by atoms with Crippen molar-refractivity contribution in [2.75, 3.05) is 25.4 Å². The van der Waals surface area contributed by atoms with Crippen LogP contribution in [0.25, 0.3) is 11.0 Å². The van der Waals surface area contributed by atoms with Crippen molar-refractivity contribution in [1.82, 2.24) is 14.9 Å². The van der Waals surface area contributed by atoms with Crippen molar-refractivity contribution in [2.24, 2.45) is 5.73 Å². The lowest BCUT2D eigenvalue weighted by Crippen LogP contribution is -2.50. The first-order chi connectivity index (χ1) is 14.1. The van der Waals surface area contributed by atoms with E-state index in [0.717, 1.165) is 30.7 Å². The summed E-state index contributed by atoms with van der Waals surface area (Å²) >= 11 is 0. The van der Waals surface area contributed by atoms with E-state index in [9.17, 15) is 17.8 Å². The van der Waals surface area contributed by atoms with E-state index in [2.05, 4.69) is 34.1 Å². The van der Waals surface area contributed by atoms with Crippen LogP contribution in [-0.2, 0) is 14.9 Å². The molecular weight excluding hydrogens is 408 g/mol. The maximum Gasteiger partial charge on any atom is 0.317 e. The van der Waals surface area contributed by atoms with Crippen LogP contribution >= 0.6 is 0 Å². The molecule has 1 saturated heterocycles. The minimum atomic E-state index is -4.57. The Morgan fingerprint density at radius 2 is 1.90 bits per heavy atom. The number of carboxylic acids is 1. The molecule has 10 heteroatoms. The van der Waals surface area contributed by atoms with Gasteiger partial charge in [-0.1, -0.05) is 25.0 Å². The number of nitrogens with one attached hydrogen (secondary N) is 1. The zero-order valence-corrected chi connectivity index (χ0v) is 17.7. The number of nitrogens with two attached hydrogens (primary N) is 1. The third kappa shape index (κ3) is 6.49. The maximum absolute atomic E-state index is 9.51. The number of likely N-dealkylation sites (tertiary alicyclic amines) is 1. The van der Waals surface area contributed by atoms with Crippen molar-refractivity contribution in [1.29, 1.82) is 0 Å². The molecule has 1 aliphatic carbocycles. The van der Waals surface area contributed by atoms with Crippen LogP contribution in [0.15, 0.2) is 24.3 Å². The number of nitrogens with zero attached hydrogens (tertiary/aromatic N) is 2. The van der Waals surface area contributed by atoms with Crippen molar-refractivity contribution in [3.05, 3.63) is 30.1 Å². The van der Waals surface area contributed by atoms with Gasteiger partial charge in [0.15, 0.2) is 0 Å². The van der Waals surface area contributed by atoms with Gasteiger partial charge in [-0.15, -0.1) is 0 Å². The normalized spacial score (nSPS) is 20.1. The first-order valence-electron chi connectivity index (χ1n) is 10.2. The predicted octanol–water partition coefficient (Wildman–Crippen LogP) is 1.63. The molecule has 4 rings (SSSR count). The molecule has 2 fully saturated rings. The number of carboxylic acid groups (broad SMARTS) is 1. The molecule has 1 aromatic carbocycles. The monoisotopic (exact) mass is 437 g/mol. The van der Waals surface area contributed by atoms with Crippen LogP contribution in [0, 0.1) is 0 Å². The van der Waals surface area contributed by atoms with Gasteiger partial charge in [-0.2, -0.15) is 0 Å². The van der Waals surface area contributed by atoms with E-state index < -0.39 is 21.8 Å². The number of fused-ring (bicyclic) bond motifs is 1. The number of piperidine rings is 1. The molecular formula is C20H29N4O5S-. The number of benzene rings is 1. The van der Waals surface area contributed by atoms with Crippen LogP contribution in [0.2, 0.25) is 0 Å². The van der Waals surface area contributed by atoms with Gasteiger partial charge < -0.3 is 25.3 Å². The van der Waals surface area contributed by atoms with Crippen molar-refractivity contribution in [2.45, 2.75) is 50.0 Å². The second-order valence-corrected chi connectivity index (χ2v) is 9.76. The van der Waals surface area contributed by atoms with Crippen molar-refractivity contribution >= 4 is 27.1 Å². The lowest BCUT2D eigenvalue weighted by Gasteiger charge is -2.36. The summed E-state index contributed by atoms with van der Waals surface area (Å²) in [6.45, 7) is 3.39. The molecule has 0 unspecified atom stereocenters. The molecule has 2 heterocycles. The number of H-pyrrole nitrogens is 1. The number of imidazole rings is 1. The molecule has 30 heavy (non-hydrogen) atoms. The fraction of sp³-hybridized carbons (Fsp3) is 0.600. The van der Waals surface area contributed by atoms with Crippen molar-refractivity contribution in [3.8, 4) is 0 Å². The van der Waals surface area contributed by atoms with E-state index in [1.165, 1.54) is 44.3 Å². The average Bonchev–Trinajstić information content (AvgIpc) is 3.27. The largest absolute Gasteiger partial charge is 0.748 e. The number of rotatable bonds is 5. The number of aromatic nitrogens is 2. The number of hydrogen-bond donors (Lipinski definition) is 3. The fourth-order valence-corrected chi connectivity index (χ4v) is 4.67. The van der Waals surface area contributed by atoms with E-state index in [0.29, 0.717) is 5.92 Å². The van der Waals surface area contributed by atoms with Gasteiger partial charge in [0.05, 0.1) is 11.0 Å². The van der Waals surface area contributed by atoms with E-state index in [1.807, 2.05) is 0 Å². The molecule has 166 valence electrons. The van der Waals surface area contributed by atoms with Gasteiger partial charge in [0.1, 0.15) is 21.7 Å². The van der Waals surface area contributed by atoms with Crippen LogP contribution < -0.4 is 5.73 Å². The summed E-state index contributed by atoms with van der Waals surface area (Å²) in [7, 11) is -4.57. The lowest BCUT2D eigenvalue weighted by molar-refractivity contribution is -0.134. The zero-order valence-electron chi connectivity index (χ0n) is 16.9. The Morgan fingerprint density at radius 3 is 2.43 bits per heavy atom. The van der Waals surface area contributed by atoms with Crippen molar-refractivity contribution < 1.29 is 22.9 Å². The highest BCUT2D eigenvalue weighted by molar-refractivity contribution is 7.86. The Labute approximate surface area is 176 Å². The topological polar surface area (TPSA) is 152 Å². The van der Waals surface area contributed by atoms with Gasteiger partial charge in [-0.25, -0.2) is 13.4 Å². The summed E-state index contributed by atoms with van der Waals surface area (Å²) in [5.74, 6) is -1.22. The number of para-hydroxylation sites is 2. The predicted molar refractivity (Wildman–Crippen MR) is 112 cm³/mol. The number of hydrogen-bond acceptors (Lipinski definition) is 7. The summed E-state index contributed by atoms with van der Waals surface area (Å²) in [5.41, 5.74) is 8.86. The Bertz CT molecular complexity index is 927. The Kier molecular flexibility index (Phi) is 7.12. The van der Waals surface area contributed by atoms with Gasteiger partial charge in [0, 0.05) is 18.0 Å². The molecule has 2 aromatic rings. The van der Waals surface area contributed by atoms with Crippen LogP contribution in [0.1, 0.15) is 50.3 Å². The number of carbonyl (C=O) groups is 1. The van der Waals surface area contributed by atoms with Crippen LogP contribution in [0.4, 0.5) is 0 Å². The van der Waals surface area contributed by atoms with Crippen LogP contribution in [0.3, 0.4) is 0 Å².